The first-order valence-corrected chi connectivity index (χ1v) is 6.93. The highest BCUT2D eigenvalue weighted by Gasteiger charge is 2.13. The molecule has 1 aromatic carbocycles. The summed E-state index contributed by atoms with van der Waals surface area (Å²) in [6, 6.07) is 4.79. The summed E-state index contributed by atoms with van der Waals surface area (Å²) in [6.45, 7) is 0. The molecule has 0 atom stereocenters. The Morgan fingerprint density at radius 2 is 2.19 bits per heavy atom. The van der Waals surface area contributed by atoms with Crippen molar-refractivity contribution in [1.29, 1.82) is 0 Å². The van der Waals surface area contributed by atoms with Gasteiger partial charge in [0, 0.05) is 11.8 Å². The number of nitro benzene ring substituents is 1. The number of nitrogen functional groups attached to an aromatic ring is 1. The number of hydrogen-bond acceptors (Lipinski definition) is 7. The number of hydrogen-bond donors (Lipinski definition) is 2. The van der Waals surface area contributed by atoms with E-state index >= 15 is 0 Å². The Labute approximate surface area is 123 Å². The zero-order valence-corrected chi connectivity index (χ0v) is 11.5. The average molecular weight is 302 g/mol. The second kappa shape index (κ2) is 5.37. The number of aromatic amines is 1. The van der Waals surface area contributed by atoms with Crippen LogP contribution in [0.4, 0.5) is 11.4 Å². The Bertz CT molecular complexity index is 818. The van der Waals surface area contributed by atoms with Crippen LogP contribution < -0.4 is 5.73 Å². The molecular weight excluding hydrogens is 292 g/mol. The predicted molar refractivity (Wildman–Crippen MR) is 78.8 cm³/mol. The van der Waals surface area contributed by atoms with Gasteiger partial charge in [0.1, 0.15) is 22.6 Å². The molecule has 106 valence electrons. The van der Waals surface area contributed by atoms with Crippen LogP contribution in [-0.4, -0.2) is 24.9 Å². The average Bonchev–Trinajstić information content (AvgIpc) is 2.95. The van der Waals surface area contributed by atoms with Crippen molar-refractivity contribution in [2.75, 3.05) is 5.73 Å². The van der Waals surface area contributed by atoms with Gasteiger partial charge in [-0.3, -0.25) is 10.1 Å². The lowest BCUT2D eigenvalue weighted by atomic mass is 10.2. The summed E-state index contributed by atoms with van der Waals surface area (Å²) in [5.74, 6) is 0.534. The Hall–Kier alpha value is -2.68. The van der Waals surface area contributed by atoms with Gasteiger partial charge in [-0.25, -0.2) is 15.0 Å². The second-order valence-electron chi connectivity index (χ2n) is 4.22. The van der Waals surface area contributed by atoms with E-state index in [1.165, 1.54) is 24.2 Å². The lowest BCUT2D eigenvalue weighted by molar-refractivity contribution is -0.383. The summed E-state index contributed by atoms with van der Waals surface area (Å²) in [7, 11) is 0. The maximum Gasteiger partial charge on any atom is 0.292 e. The third-order valence-corrected chi connectivity index (χ3v) is 3.92. The molecule has 0 aliphatic carbocycles. The number of nitrogens with zero attached hydrogens (tertiary/aromatic N) is 4. The fourth-order valence-electron chi connectivity index (χ4n) is 1.84. The Morgan fingerprint density at radius 1 is 1.33 bits per heavy atom. The highest BCUT2D eigenvalue weighted by atomic mass is 32.2. The number of aromatic nitrogens is 4. The molecule has 2 aromatic heterocycles. The first-order valence-electron chi connectivity index (χ1n) is 5.95. The number of nitrogens with one attached hydrogen (secondary N) is 1. The molecule has 0 radical (unpaired) electrons. The highest BCUT2D eigenvalue weighted by Crippen LogP contribution is 2.28. The van der Waals surface area contributed by atoms with Crippen LogP contribution in [0.5, 0.6) is 0 Å². The number of fused-ring (bicyclic) bond motifs is 1. The van der Waals surface area contributed by atoms with Crippen molar-refractivity contribution in [2.45, 2.75) is 10.8 Å². The van der Waals surface area contributed by atoms with Gasteiger partial charge in [0.25, 0.3) is 5.69 Å². The summed E-state index contributed by atoms with van der Waals surface area (Å²) in [6.07, 6.45) is 2.99. The first kappa shape index (κ1) is 13.3. The Morgan fingerprint density at radius 3 is 3.00 bits per heavy atom. The third kappa shape index (κ3) is 2.63. The molecular formula is C12H10N6O2S. The molecule has 0 spiro atoms. The lowest BCUT2D eigenvalue weighted by Crippen LogP contribution is -1.96. The van der Waals surface area contributed by atoms with Gasteiger partial charge in [-0.2, -0.15) is 0 Å². The van der Waals surface area contributed by atoms with E-state index in [0.29, 0.717) is 11.4 Å². The quantitative estimate of drug-likeness (QED) is 0.249. The van der Waals surface area contributed by atoms with Crippen molar-refractivity contribution in [1.82, 2.24) is 19.9 Å². The van der Waals surface area contributed by atoms with Crippen molar-refractivity contribution < 1.29 is 4.92 Å². The molecule has 21 heavy (non-hydrogen) atoms. The molecule has 3 aromatic rings. The Balaban J connectivity index is 1.83. The van der Waals surface area contributed by atoms with Crippen molar-refractivity contribution in [2.24, 2.45) is 0 Å². The van der Waals surface area contributed by atoms with E-state index in [1.807, 2.05) is 0 Å². The molecule has 0 fully saturated rings. The maximum atomic E-state index is 10.9. The first-order chi connectivity index (χ1) is 10.1. The summed E-state index contributed by atoms with van der Waals surface area (Å²) in [5, 5.41) is 11.6. The van der Waals surface area contributed by atoms with E-state index in [2.05, 4.69) is 19.9 Å². The summed E-state index contributed by atoms with van der Waals surface area (Å²) >= 11 is 1.45. The minimum atomic E-state index is -0.485. The fourth-order valence-corrected chi connectivity index (χ4v) is 2.74. The van der Waals surface area contributed by atoms with Crippen LogP contribution >= 0.6 is 11.8 Å². The fraction of sp³-hybridized carbons (Fsp3) is 0.0833. The molecule has 9 heteroatoms. The number of thioether (sulfide) groups is 1. The molecule has 8 nitrogen and oxygen atoms in total. The van der Waals surface area contributed by atoms with E-state index in [4.69, 9.17) is 5.73 Å². The van der Waals surface area contributed by atoms with Crippen LogP contribution in [0.25, 0.3) is 11.2 Å². The topological polar surface area (TPSA) is 124 Å². The number of rotatable bonds is 4. The lowest BCUT2D eigenvalue weighted by Gasteiger charge is -2.03. The summed E-state index contributed by atoms with van der Waals surface area (Å²) in [4.78, 5) is 25.6. The van der Waals surface area contributed by atoms with Crippen LogP contribution in [0.2, 0.25) is 0 Å². The number of benzene rings is 1. The number of nitro groups is 1. The molecule has 0 saturated heterocycles. The molecule has 0 bridgehead atoms. The van der Waals surface area contributed by atoms with Crippen LogP contribution in [0.1, 0.15) is 5.56 Å². The van der Waals surface area contributed by atoms with Gasteiger partial charge in [0.2, 0.25) is 0 Å². The summed E-state index contributed by atoms with van der Waals surface area (Å²) in [5.41, 5.74) is 7.80. The molecule has 0 aliphatic heterocycles. The van der Waals surface area contributed by atoms with Gasteiger partial charge >= 0.3 is 0 Å². The van der Waals surface area contributed by atoms with Gasteiger partial charge in [-0.1, -0.05) is 17.8 Å². The minimum Gasteiger partial charge on any atom is -0.393 e. The van der Waals surface area contributed by atoms with Crippen molar-refractivity contribution in [3.63, 3.8) is 0 Å². The minimum absolute atomic E-state index is 0.0810. The van der Waals surface area contributed by atoms with Crippen LogP contribution in [0.15, 0.2) is 35.9 Å². The number of imidazole rings is 1. The standard InChI is InChI=1S/C12H10N6O2S/c13-8-2-1-7(3-9(8)18(19)20)4-21-12-10-11(15-5-14-10)16-6-17-12/h1-3,5-6H,4,13H2,(H,14,15,16,17). The van der Waals surface area contributed by atoms with Gasteiger partial charge in [-0.15, -0.1) is 0 Å². The number of nitrogens with two attached hydrogens (primary N) is 1. The van der Waals surface area contributed by atoms with E-state index in [-0.39, 0.29) is 11.4 Å². The molecule has 0 saturated carbocycles. The molecule has 0 unspecified atom stereocenters. The zero-order valence-electron chi connectivity index (χ0n) is 10.7. The largest absolute Gasteiger partial charge is 0.393 e. The van der Waals surface area contributed by atoms with Gasteiger partial charge in [-0.05, 0) is 11.6 Å². The monoisotopic (exact) mass is 302 g/mol. The number of H-pyrrole nitrogens is 1. The van der Waals surface area contributed by atoms with Crippen LogP contribution in [0, 0.1) is 10.1 Å². The SMILES string of the molecule is Nc1ccc(CSc2ncnc3nc[nH]c23)cc1[N+](=O)[O-]. The van der Waals surface area contributed by atoms with E-state index in [9.17, 15) is 10.1 Å². The van der Waals surface area contributed by atoms with E-state index in [0.717, 1.165) is 16.1 Å². The maximum absolute atomic E-state index is 10.9. The molecule has 3 N–H and O–H groups in total. The van der Waals surface area contributed by atoms with Crippen molar-refractivity contribution in [3.05, 3.63) is 46.5 Å². The Kier molecular flexibility index (Phi) is 3.40. The summed E-state index contributed by atoms with van der Waals surface area (Å²) < 4.78 is 0. The predicted octanol–water partition coefficient (Wildman–Crippen LogP) is 2.14. The van der Waals surface area contributed by atoms with Crippen molar-refractivity contribution in [3.8, 4) is 0 Å². The van der Waals surface area contributed by atoms with Gasteiger partial charge in [0.15, 0.2) is 5.65 Å². The van der Waals surface area contributed by atoms with Gasteiger partial charge < -0.3 is 10.7 Å². The highest BCUT2D eigenvalue weighted by molar-refractivity contribution is 7.98. The second-order valence-corrected chi connectivity index (χ2v) is 5.18. The van der Waals surface area contributed by atoms with Crippen LogP contribution in [0.3, 0.4) is 0 Å². The molecule has 2 heterocycles. The number of anilines is 1. The van der Waals surface area contributed by atoms with E-state index in [1.54, 1.807) is 18.5 Å². The molecule has 3 rings (SSSR count). The van der Waals surface area contributed by atoms with Crippen molar-refractivity contribution >= 4 is 34.3 Å². The normalized spacial score (nSPS) is 10.9. The van der Waals surface area contributed by atoms with Crippen LogP contribution in [-0.2, 0) is 5.75 Å². The van der Waals surface area contributed by atoms with E-state index < -0.39 is 4.92 Å². The van der Waals surface area contributed by atoms with Gasteiger partial charge in [0.05, 0.1) is 11.3 Å². The molecule has 0 aliphatic rings. The molecule has 0 amide bonds. The third-order valence-electron chi connectivity index (χ3n) is 2.86. The zero-order chi connectivity index (χ0) is 14.8. The smallest absolute Gasteiger partial charge is 0.292 e.